The summed E-state index contributed by atoms with van der Waals surface area (Å²) in [6.45, 7) is 6.10. The van der Waals surface area contributed by atoms with Gasteiger partial charge in [-0.15, -0.1) is 0 Å². The number of likely N-dealkylation sites (tertiary alicyclic amines) is 1. The molecule has 0 aromatic carbocycles. The number of hydrogen-bond donors (Lipinski definition) is 1. The second-order valence-electron chi connectivity index (χ2n) is 6.06. The molecule has 0 aromatic rings. The Morgan fingerprint density at radius 3 is 2.10 bits per heavy atom. The van der Waals surface area contributed by atoms with Crippen LogP contribution < -0.4 is 0 Å². The lowest BCUT2D eigenvalue weighted by molar-refractivity contribution is -0.141. The average molecular weight is 321 g/mol. The van der Waals surface area contributed by atoms with Crippen LogP contribution in [0.15, 0.2) is 0 Å². The summed E-state index contributed by atoms with van der Waals surface area (Å²) in [4.78, 5) is 25.0. The highest BCUT2D eigenvalue weighted by Crippen LogP contribution is 2.24. The lowest BCUT2D eigenvalue weighted by atomic mass is 9.93. The first kappa shape index (κ1) is 17.7. The highest BCUT2D eigenvalue weighted by atomic mass is 32.2. The van der Waals surface area contributed by atoms with Gasteiger partial charge in [0, 0.05) is 13.1 Å². The monoisotopic (exact) mass is 321 g/mol. The largest absolute Gasteiger partial charge is 0.468 e. The van der Waals surface area contributed by atoms with Crippen molar-refractivity contribution in [1.82, 2.24) is 4.90 Å². The standard InChI is InChI=1S/C13H23NO6S/c1-13(2,3)20-12(16)14-7-5-9(6-8-14)10(21(17)18)11(15)19-4/h9-10,21H,5-8H2,1-4H3. The molecule has 8 heteroatoms. The molecule has 122 valence electrons. The van der Waals surface area contributed by atoms with Crippen LogP contribution in [0.4, 0.5) is 4.79 Å². The number of hydrogen-bond acceptors (Lipinski definition) is 6. The number of ether oxygens (including phenoxy) is 2. The first-order valence-electron chi connectivity index (χ1n) is 6.85. The lowest BCUT2D eigenvalue weighted by Crippen LogP contribution is -2.45. The van der Waals surface area contributed by atoms with Crippen LogP contribution in [0.1, 0.15) is 33.6 Å². The van der Waals surface area contributed by atoms with Crippen LogP contribution in [0.3, 0.4) is 0 Å². The topological polar surface area (TPSA) is 90.0 Å². The Balaban J connectivity index is 2.62. The van der Waals surface area contributed by atoms with Crippen LogP contribution in [0.2, 0.25) is 0 Å². The molecule has 1 saturated heterocycles. The summed E-state index contributed by atoms with van der Waals surface area (Å²) in [6.07, 6.45) is 0.451. The number of rotatable bonds is 3. The molecular formula is C13H23NO6S. The maximum atomic E-state index is 11.9. The molecule has 0 aliphatic carbocycles. The van der Waals surface area contributed by atoms with Crippen molar-refractivity contribution in [3.63, 3.8) is 0 Å². The molecule has 1 heterocycles. The molecule has 0 spiro atoms. The summed E-state index contributed by atoms with van der Waals surface area (Å²) < 4.78 is 32.3. The summed E-state index contributed by atoms with van der Waals surface area (Å²) in [7, 11) is -1.72. The molecule has 0 radical (unpaired) electrons. The minimum Gasteiger partial charge on any atom is -0.468 e. The molecule has 0 aromatic heterocycles. The van der Waals surface area contributed by atoms with Crippen LogP contribution >= 0.6 is 0 Å². The third-order valence-electron chi connectivity index (χ3n) is 3.31. The first-order chi connectivity index (χ1) is 9.65. The summed E-state index contributed by atoms with van der Waals surface area (Å²) in [5.41, 5.74) is -0.569. The van der Waals surface area contributed by atoms with Gasteiger partial charge in [-0.2, -0.15) is 0 Å². The van der Waals surface area contributed by atoms with Gasteiger partial charge < -0.3 is 14.4 Å². The first-order valence-corrected chi connectivity index (χ1v) is 8.09. The Morgan fingerprint density at radius 1 is 1.19 bits per heavy atom. The molecule has 1 aliphatic rings. The van der Waals surface area contributed by atoms with Crippen molar-refractivity contribution < 1.29 is 27.5 Å². The molecule has 1 aliphatic heterocycles. The Labute approximate surface area is 126 Å². The third kappa shape index (κ3) is 5.18. The van der Waals surface area contributed by atoms with Crippen LogP contribution in [0.5, 0.6) is 0 Å². The van der Waals surface area contributed by atoms with Crippen molar-refractivity contribution in [3.8, 4) is 0 Å². The highest BCUT2D eigenvalue weighted by molar-refractivity contribution is 7.74. The van der Waals surface area contributed by atoms with Gasteiger partial charge in [0.25, 0.3) is 0 Å². The summed E-state index contributed by atoms with van der Waals surface area (Å²) in [5.74, 6) is -1.06. The van der Waals surface area contributed by atoms with Crippen molar-refractivity contribution in [2.24, 2.45) is 5.92 Å². The fourth-order valence-corrected chi connectivity index (χ4v) is 3.22. The Morgan fingerprint density at radius 2 is 1.71 bits per heavy atom. The Hall–Kier alpha value is -1.31. The molecule has 1 rings (SSSR count). The smallest absolute Gasteiger partial charge is 0.410 e. The highest BCUT2D eigenvalue weighted by Gasteiger charge is 2.36. The fraction of sp³-hybridized carbons (Fsp3) is 0.846. The van der Waals surface area contributed by atoms with Crippen molar-refractivity contribution in [1.29, 1.82) is 0 Å². The zero-order valence-corrected chi connectivity index (χ0v) is 13.7. The van der Waals surface area contributed by atoms with Gasteiger partial charge >= 0.3 is 12.1 Å². The van der Waals surface area contributed by atoms with Gasteiger partial charge in [0.05, 0.1) is 7.11 Å². The maximum Gasteiger partial charge on any atom is 0.410 e. The summed E-state index contributed by atoms with van der Waals surface area (Å²) in [6, 6.07) is 0. The molecular weight excluding hydrogens is 298 g/mol. The van der Waals surface area contributed by atoms with Gasteiger partial charge in [0.2, 0.25) is 0 Å². The van der Waals surface area contributed by atoms with Crippen LogP contribution in [0, 0.1) is 5.92 Å². The SMILES string of the molecule is COC(=O)C(C1CCN(C(=O)OC(C)(C)C)CC1)[SH](=O)=O. The van der Waals surface area contributed by atoms with Gasteiger partial charge in [-0.3, -0.25) is 4.79 Å². The molecule has 1 fully saturated rings. The third-order valence-corrected chi connectivity index (χ3v) is 4.39. The Kier molecular flexibility index (Phi) is 6.00. The van der Waals surface area contributed by atoms with Crippen molar-refractivity contribution >= 4 is 22.8 Å². The van der Waals surface area contributed by atoms with Crippen LogP contribution in [-0.2, 0) is 25.0 Å². The number of piperidine rings is 1. The number of carbonyl (C=O) groups is 2. The molecule has 1 unspecified atom stereocenters. The van der Waals surface area contributed by atoms with Crippen molar-refractivity contribution in [2.45, 2.75) is 44.5 Å². The van der Waals surface area contributed by atoms with E-state index in [1.807, 2.05) is 0 Å². The summed E-state index contributed by atoms with van der Waals surface area (Å²) in [5, 5.41) is -1.13. The van der Waals surface area contributed by atoms with E-state index in [0.717, 1.165) is 0 Å². The second kappa shape index (κ2) is 7.11. The average Bonchev–Trinajstić information content (AvgIpc) is 2.37. The fourth-order valence-electron chi connectivity index (χ4n) is 2.30. The number of thiol groups is 1. The van der Waals surface area contributed by atoms with E-state index in [2.05, 4.69) is 4.74 Å². The molecule has 0 N–H and O–H groups in total. The van der Waals surface area contributed by atoms with E-state index in [0.29, 0.717) is 25.9 Å². The quantitative estimate of drug-likeness (QED) is 0.610. The van der Waals surface area contributed by atoms with E-state index in [9.17, 15) is 18.0 Å². The Bertz CT molecular complexity index is 452. The number of carbonyl (C=O) groups excluding carboxylic acids is 2. The van der Waals surface area contributed by atoms with E-state index in [1.165, 1.54) is 12.0 Å². The van der Waals surface area contributed by atoms with E-state index in [-0.39, 0.29) is 5.92 Å². The van der Waals surface area contributed by atoms with E-state index in [1.54, 1.807) is 20.8 Å². The molecule has 21 heavy (non-hydrogen) atoms. The van der Waals surface area contributed by atoms with Crippen molar-refractivity contribution in [2.75, 3.05) is 20.2 Å². The minimum absolute atomic E-state index is 0.322. The van der Waals surface area contributed by atoms with E-state index in [4.69, 9.17) is 4.74 Å². The zero-order chi connectivity index (χ0) is 16.2. The lowest BCUT2D eigenvalue weighted by Gasteiger charge is -2.34. The number of nitrogens with zero attached hydrogens (tertiary/aromatic N) is 1. The molecule has 0 bridgehead atoms. The minimum atomic E-state index is -2.89. The predicted molar refractivity (Wildman–Crippen MR) is 76.6 cm³/mol. The molecule has 1 amide bonds. The van der Waals surface area contributed by atoms with E-state index < -0.39 is 33.6 Å². The molecule has 1 atom stereocenters. The summed E-state index contributed by atoms with van der Waals surface area (Å²) >= 11 is 0. The van der Waals surface area contributed by atoms with Gasteiger partial charge in [0.15, 0.2) is 16.0 Å². The normalized spacial score (nSPS) is 18.4. The van der Waals surface area contributed by atoms with Crippen LogP contribution in [0.25, 0.3) is 0 Å². The number of methoxy groups -OCH3 is 1. The molecule has 7 nitrogen and oxygen atoms in total. The van der Waals surface area contributed by atoms with Gasteiger partial charge in [0.1, 0.15) is 5.60 Å². The zero-order valence-electron chi connectivity index (χ0n) is 12.8. The molecule has 0 saturated carbocycles. The predicted octanol–water partition coefficient (Wildman–Crippen LogP) is 0.787. The number of amides is 1. The van der Waals surface area contributed by atoms with Gasteiger partial charge in [-0.1, -0.05) is 0 Å². The number of esters is 1. The van der Waals surface area contributed by atoms with Crippen molar-refractivity contribution in [3.05, 3.63) is 0 Å². The second-order valence-corrected chi connectivity index (χ2v) is 7.19. The van der Waals surface area contributed by atoms with Crippen LogP contribution in [-0.4, -0.2) is 56.4 Å². The van der Waals surface area contributed by atoms with Gasteiger partial charge in [-0.25, -0.2) is 13.2 Å². The van der Waals surface area contributed by atoms with E-state index >= 15 is 0 Å². The maximum absolute atomic E-state index is 11.9. The van der Waals surface area contributed by atoms with Gasteiger partial charge in [-0.05, 0) is 39.5 Å².